The van der Waals surface area contributed by atoms with Crippen molar-refractivity contribution < 1.29 is 26.8 Å². The molecule has 0 fully saturated rings. The van der Waals surface area contributed by atoms with Gasteiger partial charge in [0.1, 0.15) is 23.5 Å². The Kier molecular flexibility index (Phi) is 8.30. The Morgan fingerprint density at radius 1 is 1.27 bits per heavy atom. The predicted octanol–water partition coefficient (Wildman–Crippen LogP) is 3.89. The number of carbonyl (C=O) groups excluding carboxylic acids is 2. The molecule has 1 aliphatic heterocycles. The molecule has 2 atom stereocenters. The Labute approximate surface area is 233 Å². The first-order valence-electron chi connectivity index (χ1n) is 11.9. The minimum atomic E-state index is -4.48. The molecule has 0 bridgehead atoms. The molecule has 2 aromatic carbocycles. The summed E-state index contributed by atoms with van der Waals surface area (Å²) in [5.74, 6) is -2.37. The number of aromatic nitrogens is 1. The van der Waals surface area contributed by atoms with E-state index in [1.165, 1.54) is 29.4 Å². The Hall–Kier alpha value is -4.17. The molecule has 0 saturated heterocycles. The van der Waals surface area contributed by atoms with E-state index in [4.69, 9.17) is 0 Å². The number of carbonyl (C=O) groups is 2. The van der Waals surface area contributed by atoms with E-state index in [-0.39, 0.29) is 17.8 Å². The summed E-state index contributed by atoms with van der Waals surface area (Å²) in [6.07, 6.45) is 1.44. The van der Waals surface area contributed by atoms with Gasteiger partial charge in [0.05, 0.1) is 15.7 Å². The molecule has 3 aromatic rings. The first-order chi connectivity index (χ1) is 18.9. The van der Waals surface area contributed by atoms with E-state index in [0.29, 0.717) is 29.3 Å². The summed E-state index contributed by atoms with van der Waals surface area (Å²) < 4.78 is 57.8. The van der Waals surface area contributed by atoms with Crippen molar-refractivity contribution in [1.82, 2.24) is 19.3 Å². The molecule has 210 valence electrons. The standard InChI is InChI=1S/C26H26F2N6O4S2/c1-5-17-8-15(2)34(24(17)29-3)40(37,38)32-26(36)31-22(11-16-9-18(27)12-19(28)10-16)25(35)33(4)20-6-7-23-21(13-20)30-14-39-23/h5-7,9-10,12-15,22H,1,3,8,11H2,2,4H3,(H2,31,32,36)/t15?,22-/m0/s1. The molecule has 0 spiro atoms. The van der Waals surface area contributed by atoms with E-state index in [2.05, 4.69) is 28.6 Å². The van der Waals surface area contributed by atoms with Crippen LogP contribution in [0.25, 0.3) is 10.2 Å². The summed E-state index contributed by atoms with van der Waals surface area (Å²) in [6.45, 7) is 8.69. The SMILES string of the molecule is C=CC1=C(N=C)N(S(=O)(=O)NC(=O)N[C@@H](Cc2cc(F)cc(F)c2)C(=O)N(C)c2ccc3scnc3c2)C(C)C1. The maximum Gasteiger partial charge on any atom is 0.330 e. The van der Waals surface area contributed by atoms with Crippen LogP contribution in [-0.2, 0) is 21.4 Å². The third kappa shape index (κ3) is 6.02. The Morgan fingerprint density at radius 3 is 2.62 bits per heavy atom. The Balaban J connectivity index is 1.60. The smallest absolute Gasteiger partial charge is 0.325 e. The van der Waals surface area contributed by atoms with Crippen molar-refractivity contribution >= 4 is 56.1 Å². The molecule has 1 unspecified atom stereocenters. The number of nitrogens with one attached hydrogen (secondary N) is 2. The number of hydrogen-bond donors (Lipinski definition) is 2. The van der Waals surface area contributed by atoms with Crippen molar-refractivity contribution in [1.29, 1.82) is 0 Å². The Morgan fingerprint density at radius 2 is 1.98 bits per heavy atom. The molecule has 1 aromatic heterocycles. The molecule has 3 amide bonds. The number of likely N-dealkylation sites (N-methyl/N-ethyl adjacent to an activating group) is 1. The van der Waals surface area contributed by atoms with Crippen molar-refractivity contribution in [2.75, 3.05) is 11.9 Å². The number of rotatable bonds is 9. The van der Waals surface area contributed by atoms with Gasteiger partial charge in [-0.05, 0) is 61.5 Å². The molecule has 4 rings (SSSR count). The number of nitrogens with zero attached hydrogens (tertiary/aromatic N) is 4. The average Bonchev–Trinajstić information content (AvgIpc) is 3.49. The van der Waals surface area contributed by atoms with Gasteiger partial charge in [0.15, 0.2) is 0 Å². The fourth-order valence-electron chi connectivity index (χ4n) is 4.47. The van der Waals surface area contributed by atoms with Gasteiger partial charge in [0.2, 0.25) is 5.91 Å². The molecule has 14 heteroatoms. The highest BCUT2D eigenvalue weighted by Gasteiger charge is 2.38. The normalized spacial score (nSPS) is 16.1. The van der Waals surface area contributed by atoms with Crippen LogP contribution in [0.5, 0.6) is 0 Å². The summed E-state index contributed by atoms with van der Waals surface area (Å²) in [6, 6.07) is 4.66. The molecular formula is C26H26F2N6O4S2. The van der Waals surface area contributed by atoms with Crippen molar-refractivity contribution in [3.05, 3.63) is 83.2 Å². The predicted molar refractivity (Wildman–Crippen MR) is 150 cm³/mol. The minimum absolute atomic E-state index is 0.0304. The van der Waals surface area contributed by atoms with E-state index >= 15 is 0 Å². The molecule has 40 heavy (non-hydrogen) atoms. The number of hydrogen-bond acceptors (Lipinski definition) is 7. The van der Waals surface area contributed by atoms with E-state index in [0.717, 1.165) is 21.1 Å². The monoisotopic (exact) mass is 588 g/mol. The van der Waals surface area contributed by atoms with Crippen molar-refractivity contribution in [2.24, 2.45) is 4.99 Å². The van der Waals surface area contributed by atoms with Crippen LogP contribution in [0.2, 0.25) is 0 Å². The topological polar surface area (TPSA) is 124 Å². The second-order valence-corrected chi connectivity index (χ2v) is 11.5. The molecule has 2 N–H and O–H groups in total. The van der Waals surface area contributed by atoms with Crippen LogP contribution < -0.4 is 14.9 Å². The molecular weight excluding hydrogens is 562 g/mol. The number of allylic oxidation sites excluding steroid dienone is 1. The number of thiazole rings is 1. The summed E-state index contributed by atoms with van der Waals surface area (Å²) in [4.78, 5) is 35.8. The highest BCUT2D eigenvalue weighted by Crippen LogP contribution is 2.32. The molecule has 2 heterocycles. The van der Waals surface area contributed by atoms with E-state index in [1.54, 1.807) is 30.6 Å². The summed E-state index contributed by atoms with van der Waals surface area (Å²) in [7, 11) is -3.02. The number of fused-ring (bicyclic) bond motifs is 1. The van der Waals surface area contributed by atoms with Crippen LogP contribution in [0.15, 0.2) is 71.0 Å². The average molecular weight is 589 g/mol. The zero-order chi connectivity index (χ0) is 29.2. The Bertz CT molecular complexity index is 1620. The first-order valence-corrected chi connectivity index (χ1v) is 14.3. The minimum Gasteiger partial charge on any atom is -0.325 e. The quantitative estimate of drug-likeness (QED) is 0.367. The first kappa shape index (κ1) is 28.8. The number of benzene rings is 2. The lowest BCUT2D eigenvalue weighted by atomic mass is 10.0. The third-order valence-electron chi connectivity index (χ3n) is 6.29. The van der Waals surface area contributed by atoms with Crippen LogP contribution in [0.3, 0.4) is 0 Å². The zero-order valence-corrected chi connectivity index (χ0v) is 23.2. The van der Waals surface area contributed by atoms with Crippen molar-refractivity contribution in [3.63, 3.8) is 0 Å². The van der Waals surface area contributed by atoms with Gasteiger partial charge in [-0.3, -0.25) is 4.79 Å². The van der Waals surface area contributed by atoms with Crippen molar-refractivity contribution in [2.45, 2.75) is 31.8 Å². The fourth-order valence-corrected chi connectivity index (χ4v) is 6.48. The zero-order valence-electron chi connectivity index (χ0n) is 21.6. The largest absolute Gasteiger partial charge is 0.330 e. The van der Waals surface area contributed by atoms with Crippen LogP contribution in [0, 0.1) is 11.6 Å². The number of aliphatic imine (C=N–C) groups is 1. The van der Waals surface area contributed by atoms with Gasteiger partial charge < -0.3 is 10.2 Å². The summed E-state index contributed by atoms with van der Waals surface area (Å²) >= 11 is 1.42. The highest BCUT2D eigenvalue weighted by molar-refractivity contribution is 7.87. The van der Waals surface area contributed by atoms with Gasteiger partial charge in [-0.2, -0.15) is 8.42 Å². The number of halogens is 2. The second-order valence-electron chi connectivity index (χ2n) is 9.08. The molecule has 10 nitrogen and oxygen atoms in total. The van der Waals surface area contributed by atoms with Crippen molar-refractivity contribution in [3.8, 4) is 0 Å². The van der Waals surface area contributed by atoms with E-state index in [9.17, 15) is 26.8 Å². The lowest BCUT2D eigenvalue weighted by molar-refractivity contribution is -0.120. The van der Waals surface area contributed by atoms with Crippen LogP contribution in [-0.4, -0.2) is 55.5 Å². The van der Waals surface area contributed by atoms with Gasteiger partial charge in [0.25, 0.3) is 0 Å². The van der Waals surface area contributed by atoms with Crippen LogP contribution in [0.4, 0.5) is 19.3 Å². The molecule has 0 aliphatic carbocycles. The molecule has 0 radical (unpaired) electrons. The van der Waals surface area contributed by atoms with Gasteiger partial charge in [-0.1, -0.05) is 12.7 Å². The maximum absolute atomic E-state index is 13.9. The van der Waals surface area contributed by atoms with E-state index < -0.39 is 45.9 Å². The number of urea groups is 1. The van der Waals surface area contributed by atoms with Crippen LogP contribution in [0.1, 0.15) is 18.9 Å². The number of amides is 3. The lowest BCUT2D eigenvalue weighted by Gasteiger charge is -2.27. The third-order valence-corrected chi connectivity index (χ3v) is 8.59. The van der Waals surface area contributed by atoms with Gasteiger partial charge in [0, 0.05) is 31.3 Å². The van der Waals surface area contributed by atoms with Gasteiger partial charge in [-0.15, -0.1) is 11.3 Å². The maximum atomic E-state index is 13.9. The fraction of sp³-hybridized carbons (Fsp3) is 0.231. The van der Waals surface area contributed by atoms with Gasteiger partial charge in [-0.25, -0.2) is 32.6 Å². The van der Waals surface area contributed by atoms with Crippen LogP contribution >= 0.6 is 11.3 Å². The summed E-state index contributed by atoms with van der Waals surface area (Å²) in [5.41, 5.74) is 3.37. The second kappa shape index (κ2) is 11.5. The van der Waals surface area contributed by atoms with E-state index in [1.807, 2.05) is 4.72 Å². The number of anilines is 1. The lowest BCUT2D eigenvalue weighted by Crippen LogP contribution is -2.54. The summed E-state index contributed by atoms with van der Waals surface area (Å²) in [5, 5.41) is 2.35. The molecule has 0 saturated carbocycles. The molecule has 1 aliphatic rings. The van der Waals surface area contributed by atoms with Gasteiger partial charge >= 0.3 is 16.2 Å². The highest BCUT2D eigenvalue weighted by atomic mass is 32.2.